The second-order valence-electron chi connectivity index (χ2n) is 4.15. The summed E-state index contributed by atoms with van der Waals surface area (Å²) in [4.78, 5) is 0. The molecule has 15 heavy (non-hydrogen) atoms. The van der Waals surface area contributed by atoms with Crippen LogP contribution in [0.25, 0.3) is 0 Å². The Balaban J connectivity index is 1.75. The zero-order valence-corrected chi connectivity index (χ0v) is 9.76. The maximum Gasteiger partial charge on any atom is 0.0869 e. The molecule has 2 heterocycles. The van der Waals surface area contributed by atoms with Crippen LogP contribution in [0.1, 0.15) is 12.0 Å². The highest BCUT2D eigenvalue weighted by atomic mass is 32.2. The van der Waals surface area contributed by atoms with E-state index in [1.165, 1.54) is 0 Å². The molecular weight excluding hydrogens is 210 g/mol. The van der Waals surface area contributed by atoms with E-state index in [4.69, 9.17) is 0 Å². The molecule has 1 saturated heterocycles. The highest BCUT2D eigenvalue weighted by Crippen LogP contribution is 2.26. The molecular formula is C10H17N3OS. The Labute approximate surface area is 94.1 Å². The summed E-state index contributed by atoms with van der Waals surface area (Å²) in [6, 6.07) is 0. The Kier molecular flexibility index (Phi) is 3.33. The molecule has 0 aromatic carbocycles. The number of hydrogen-bond donors (Lipinski definition) is 2. The molecule has 1 fully saturated rings. The Morgan fingerprint density at radius 1 is 1.73 bits per heavy atom. The molecule has 0 saturated carbocycles. The van der Waals surface area contributed by atoms with Crippen LogP contribution in [0.5, 0.6) is 0 Å². The van der Waals surface area contributed by atoms with Gasteiger partial charge in [-0.25, -0.2) is 0 Å². The molecule has 1 aliphatic rings. The molecule has 2 N–H and O–H groups in total. The summed E-state index contributed by atoms with van der Waals surface area (Å²) in [7, 11) is 1.91. The lowest BCUT2D eigenvalue weighted by molar-refractivity contribution is 0.0675. The molecule has 0 amide bonds. The van der Waals surface area contributed by atoms with Gasteiger partial charge in [-0.3, -0.25) is 4.68 Å². The van der Waals surface area contributed by atoms with Gasteiger partial charge in [0.05, 0.1) is 11.8 Å². The molecule has 5 heteroatoms. The zero-order chi connectivity index (χ0) is 10.7. The summed E-state index contributed by atoms with van der Waals surface area (Å²) in [5.74, 6) is 1.93. The molecule has 0 spiro atoms. The zero-order valence-electron chi connectivity index (χ0n) is 8.94. The molecule has 1 atom stereocenters. The summed E-state index contributed by atoms with van der Waals surface area (Å²) in [5, 5.41) is 17.4. The van der Waals surface area contributed by atoms with Crippen molar-refractivity contribution >= 4 is 11.8 Å². The van der Waals surface area contributed by atoms with Crippen LogP contribution in [-0.4, -0.2) is 38.5 Å². The van der Waals surface area contributed by atoms with Crippen LogP contribution in [0.3, 0.4) is 0 Å². The summed E-state index contributed by atoms with van der Waals surface area (Å²) in [6.45, 7) is 1.45. The summed E-state index contributed by atoms with van der Waals surface area (Å²) >= 11 is 1.82. The third-order valence-corrected chi connectivity index (χ3v) is 3.86. The summed E-state index contributed by atoms with van der Waals surface area (Å²) in [6.07, 6.45) is 4.73. The van der Waals surface area contributed by atoms with Crippen LogP contribution in [-0.2, 0) is 13.6 Å². The molecule has 0 aliphatic carbocycles. The van der Waals surface area contributed by atoms with Gasteiger partial charge in [0.2, 0.25) is 0 Å². The fraction of sp³-hybridized carbons (Fsp3) is 0.700. The van der Waals surface area contributed by atoms with E-state index in [2.05, 4.69) is 10.4 Å². The number of rotatable bonds is 4. The van der Waals surface area contributed by atoms with Gasteiger partial charge in [0.25, 0.3) is 0 Å². The molecule has 84 valence electrons. The maximum atomic E-state index is 10.1. The van der Waals surface area contributed by atoms with Gasteiger partial charge in [-0.05, 0) is 12.2 Å². The number of aromatic nitrogens is 2. The van der Waals surface area contributed by atoms with Crippen molar-refractivity contribution in [1.29, 1.82) is 0 Å². The van der Waals surface area contributed by atoms with Crippen molar-refractivity contribution in [2.45, 2.75) is 18.6 Å². The quantitative estimate of drug-likeness (QED) is 0.780. The van der Waals surface area contributed by atoms with E-state index in [-0.39, 0.29) is 0 Å². The first-order valence-electron chi connectivity index (χ1n) is 5.16. The lowest BCUT2D eigenvalue weighted by Crippen LogP contribution is -2.40. The van der Waals surface area contributed by atoms with E-state index in [9.17, 15) is 5.11 Å². The standard InChI is InChI=1S/C10H17N3OS/c1-13-6-9(5-12-13)4-11-7-10(14)2-3-15-8-10/h5-6,11,14H,2-4,7-8H2,1H3. The van der Waals surface area contributed by atoms with Crippen molar-refractivity contribution in [3.8, 4) is 0 Å². The van der Waals surface area contributed by atoms with Crippen LogP contribution in [0.15, 0.2) is 12.4 Å². The number of hydrogen-bond acceptors (Lipinski definition) is 4. The Hall–Kier alpha value is -0.520. The van der Waals surface area contributed by atoms with Gasteiger partial charge in [-0.15, -0.1) is 0 Å². The van der Waals surface area contributed by atoms with Gasteiger partial charge in [0, 0.05) is 37.7 Å². The fourth-order valence-corrected chi connectivity index (χ4v) is 3.03. The Morgan fingerprint density at radius 3 is 3.20 bits per heavy atom. The molecule has 0 bridgehead atoms. The molecule has 4 nitrogen and oxygen atoms in total. The molecule has 1 unspecified atom stereocenters. The van der Waals surface area contributed by atoms with Crippen LogP contribution < -0.4 is 5.32 Å². The minimum absolute atomic E-state index is 0.493. The average molecular weight is 227 g/mol. The van der Waals surface area contributed by atoms with Crippen molar-refractivity contribution in [2.75, 3.05) is 18.1 Å². The maximum absolute atomic E-state index is 10.1. The lowest BCUT2D eigenvalue weighted by Gasteiger charge is -2.21. The van der Waals surface area contributed by atoms with E-state index < -0.39 is 5.60 Å². The van der Waals surface area contributed by atoms with Gasteiger partial charge in [-0.2, -0.15) is 16.9 Å². The number of thioether (sulfide) groups is 1. The second kappa shape index (κ2) is 4.55. The van der Waals surface area contributed by atoms with Gasteiger partial charge in [-0.1, -0.05) is 0 Å². The Morgan fingerprint density at radius 2 is 2.60 bits per heavy atom. The van der Waals surface area contributed by atoms with E-state index in [1.54, 1.807) is 4.68 Å². The number of aryl methyl sites for hydroxylation is 1. The molecule has 0 radical (unpaired) electrons. The monoisotopic (exact) mass is 227 g/mol. The number of nitrogens with zero attached hydrogens (tertiary/aromatic N) is 2. The fourth-order valence-electron chi connectivity index (χ4n) is 1.74. The van der Waals surface area contributed by atoms with Crippen LogP contribution in [0.2, 0.25) is 0 Å². The van der Waals surface area contributed by atoms with Crippen LogP contribution in [0.4, 0.5) is 0 Å². The van der Waals surface area contributed by atoms with Gasteiger partial charge in [0.1, 0.15) is 0 Å². The van der Waals surface area contributed by atoms with Crippen molar-refractivity contribution in [3.05, 3.63) is 18.0 Å². The predicted octanol–water partition coefficient (Wildman–Crippen LogP) is 0.378. The van der Waals surface area contributed by atoms with E-state index in [1.807, 2.05) is 31.2 Å². The minimum atomic E-state index is -0.493. The summed E-state index contributed by atoms with van der Waals surface area (Å²) in [5.41, 5.74) is 0.666. The molecule has 1 aliphatic heterocycles. The molecule has 1 aromatic rings. The third kappa shape index (κ3) is 2.96. The lowest BCUT2D eigenvalue weighted by atomic mass is 10.0. The van der Waals surface area contributed by atoms with Crippen molar-refractivity contribution in [1.82, 2.24) is 15.1 Å². The highest BCUT2D eigenvalue weighted by Gasteiger charge is 2.30. The first kappa shape index (κ1) is 11.0. The van der Waals surface area contributed by atoms with Gasteiger partial charge >= 0.3 is 0 Å². The van der Waals surface area contributed by atoms with Crippen LogP contribution >= 0.6 is 11.8 Å². The van der Waals surface area contributed by atoms with Crippen molar-refractivity contribution in [3.63, 3.8) is 0 Å². The van der Waals surface area contributed by atoms with E-state index >= 15 is 0 Å². The predicted molar refractivity (Wildman–Crippen MR) is 61.8 cm³/mol. The Bertz CT molecular complexity index is 320. The topological polar surface area (TPSA) is 50.1 Å². The second-order valence-corrected chi connectivity index (χ2v) is 5.26. The van der Waals surface area contributed by atoms with Crippen LogP contribution in [0, 0.1) is 0 Å². The minimum Gasteiger partial charge on any atom is -0.388 e. The highest BCUT2D eigenvalue weighted by molar-refractivity contribution is 7.99. The van der Waals surface area contributed by atoms with Gasteiger partial charge in [0.15, 0.2) is 0 Å². The summed E-state index contributed by atoms with van der Waals surface area (Å²) < 4.78 is 1.79. The van der Waals surface area contributed by atoms with E-state index in [0.29, 0.717) is 6.54 Å². The molecule has 1 aromatic heterocycles. The number of aliphatic hydroxyl groups is 1. The van der Waals surface area contributed by atoms with Crippen molar-refractivity contribution < 1.29 is 5.11 Å². The SMILES string of the molecule is Cn1cc(CNCC2(O)CCSC2)cn1. The van der Waals surface area contributed by atoms with E-state index in [0.717, 1.165) is 30.0 Å². The number of nitrogens with one attached hydrogen (secondary N) is 1. The smallest absolute Gasteiger partial charge is 0.0869 e. The van der Waals surface area contributed by atoms with Crippen molar-refractivity contribution in [2.24, 2.45) is 7.05 Å². The normalized spacial score (nSPS) is 26.0. The largest absolute Gasteiger partial charge is 0.388 e. The average Bonchev–Trinajstić information content (AvgIpc) is 2.76. The molecule has 2 rings (SSSR count). The first-order valence-corrected chi connectivity index (χ1v) is 6.32. The third-order valence-electron chi connectivity index (χ3n) is 2.62. The first-order chi connectivity index (χ1) is 7.18. The van der Waals surface area contributed by atoms with Gasteiger partial charge < -0.3 is 10.4 Å².